The molecule has 1 aliphatic heterocycles. The number of hydrogen-bond acceptors (Lipinski definition) is 4. The molecule has 1 atom stereocenters. The molecule has 0 unspecified atom stereocenters. The number of aromatic nitrogens is 1. The van der Waals surface area contributed by atoms with Gasteiger partial charge in [0.1, 0.15) is 11.7 Å². The smallest absolute Gasteiger partial charge is 0.159 e. The Morgan fingerprint density at radius 3 is 2.54 bits per heavy atom. The molecule has 0 bridgehead atoms. The number of fused-ring (bicyclic) bond motifs is 4. The average molecular weight is 343 g/mol. The van der Waals surface area contributed by atoms with Crippen LogP contribution in [-0.2, 0) is 0 Å². The van der Waals surface area contributed by atoms with Gasteiger partial charge in [-0.05, 0) is 45.0 Å². The second-order valence-electron chi connectivity index (χ2n) is 7.10. The second-order valence-corrected chi connectivity index (χ2v) is 7.10. The van der Waals surface area contributed by atoms with Crippen molar-refractivity contribution in [1.29, 1.82) is 0 Å². The second kappa shape index (κ2) is 5.49. The molecule has 2 aromatic carbocycles. The van der Waals surface area contributed by atoms with Gasteiger partial charge >= 0.3 is 0 Å². The maximum Gasteiger partial charge on any atom is 0.159 e. The van der Waals surface area contributed by atoms with Gasteiger partial charge in [-0.1, -0.05) is 30.3 Å². The first-order valence-electron chi connectivity index (χ1n) is 9.09. The fourth-order valence-corrected chi connectivity index (χ4v) is 4.21. The van der Waals surface area contributed by atoms with Crippen molar-refractivity contribution in [2.24, 2.45) is 0 Å². The average Bonchev–Trinajstić information content (AvgIpc) is 3.16. The fourth-order valence-electron chi connectivity index (χ4n) is 4.21. The van der Waals surface area contributed by atoms with Gasteiger partial charge in [-0.2, -0.15) is 0 Å². The number of pyridine rings is 1. The molecule has 0 spiro atoms. The minimum atomic E-state index is 0.165. The molecule has 1 aliphatic rings. The monoisotopic (exact) mass is 343 g/mol. The number of benzene rings is 2. The van der Waals surface area contributed by atoms with Gasteiger partial charge in [0, 0.05) is 23.0 Å². The summed E-state index contributed by atoms with van der Waals surface area (Å²) in [6.07, 6.45) is 2.03. The quantitative estimate of drug-likeness (QED) is 0.468. The third-order valence-electron chi connectivity index (χ3n) is 5.25. The fraction of sp³-hybridized carbons (Fsp3) is 0.227. The molecule has 4 nitrogen and oxygen atoms in total. The van der Waals surface area contributed by atoms with Crippen molar-refractivity contribution in [2.45, 2.75) is 33.0 Å². The van der Waals surface area contributed by atoms with Gasteiger partial charge in [0.2, 0.25) is 0 Å². The van der Waals surface area contributed by atoms with Gasteiger partial charge in [0.15, 0.2) is 11.4 Å². The van der Waals surface area contributed by atoms with E-state index in [0.717, 1.165) is 39.1 Å². The van der Waals surface area contributed by atoms with Crippen LogP contribution in [0.1, 0.15) is 20.8 Å². The maximum atomic E-state index is 6.27. The predicted molar refractivity (Wildman–Crippen MR) is 107 cm³/mol. The number of rotatable bonds is 2. The lowest BCUT2D eigenvalue weighted by Crippen LogP contribution is -2.42. The van der Waals surface area contributed by atoms with E-state index in [-0.39, 0.29) is 6.17 Å². The molecule has 0 amide bonds. The molecule has 130 valence electrons. The molecule has 0 fully saturated rings. The minimum Gasteiger partial charge on any atom is -0.454 e. The molecule has 26 heavy (non-hydrogen) atoms. The van der Waals surface area contributed by atoms with Crippen LogP contribution < -0.4 is 9.80 Å². The van der Waals surface area contributed by atoms with Gasteiger partial charge in [0.25, 0.3) is 0 Å². The third-order valence-corrected chi connectivity index (χ3v) is 5.25. The van der Waals surface area contributed by atoms with Crippen molar-refractivity contribution < 1.29 is 4.42 Å². The van der Waals surface area contributed by atoms with Crippen LogP contribution in [0, 0.1) is 0 Å². The van der Waals surface area contributed by atoms with Crippen LogP contribution in [0.4, 0.5) is 17.2 Å². The van der Waals surface area contributed by atoms with E-state index < -0.39 is 0 Å². The lowest BCUT2D eigenvalue weighted by atomic mass is 10.1. The van der Waals surface area contributed by atoms with Gasteiger partial charge in [-0.3, -0.25) is 0 Å². The number of hydrogen-bond donors (Lipinski definition) is 0. The Morgan fingerprint density at radius 1 is 0.923 bits per heavy atom. The molecule has 4 aromatic rings. The van der Waals surface area contributed by atoms with E-state index in [1.54, 1.807) is 0 Å². The van der Waals surface area contributed by atoms with Gasteiger partial charge < -0.3 is 14.2 Å². The zero-order valence-corrected chi connectivity index (χ0v) is 15.2. The van der Waals surface area contributed by atoms with Gasteiger partial charge in [-0.25, -0.2) is 4.98 Å². The first-order valence-corrected chi connectivity index (χ1v) is 9.09. The first-order chi connectivity index (χ1) is 12.7. The molecule has 0 saturated carbocycles. The summed E-state index contributed by atoms with van der Waals surface area (Å²) in [5.74, 6) is 1.03. The van der Waals surface area contributed by atoms with Crippen LogP contribution in [0.15, 0.2) is 65.2 Å². The lowest BCUT2D eigenvalue weighted by Gasteiger charge is -2.32. The summed E-state index contributed by atoms with van der Waals surface area (Å²) in [6, 6.07) is 19.1. The first kappa shape index (κ1) is 15.3. The largest absolute Gasteiger partial charge is 0.454 e. The summed E-state index contributed by atoms with van der Waals surface area (Å²) in [5.41, 5.74) is 4.07. The molecule has 0 aliphatic carbocycles. The molecular weight excluding hydrogens is 322 g/mol. The highest BCUT2D eigenvalue weighted by molar-refractivity contribution is 6.10. The number of anilines is 3. The Morgan fingerprint density at radius 2 is 1.69 bits per heavy atom. The number of para-hydroxylation sites is 2. The molecule has 4 heteroatoms. The number of furan rings is 1. The van der Waals surface area contributed by atoms with E-state index in [0.29, 0.717) is 6.04 Å². The standard InChI is InChI=1S/C22H21N3O/c1-14(2)24-15(3)25(19-11-7-13-23-22(19)24)18-10-6-9-17-16-8-4-5-12-20(16)26-21(17)18/h4-15H,1-3H3/t15-/m1/s1. The molecule has 3 heterocycles. The van der Waals surface area contributed by atoms with Crippen LogP contribution in [0.3, 0.4) is 0 Å². The Balaban J connectivity index is 1.78. The van der Waals surface area contributed by atoms with Crippen molar-refractivity contribution >= 4 is 39.1 Å². The number of nitrogens with zero attached hydrogens (tertiary/aromatic N) is 3. The van der Waals surface area contributed by atoms with Gasteiger partial charge in [-0.15, -0.1) is 0 Å². The van der Waals surface area contributed by atoms with Crippen LogP contribution in [0.25, 0.3) is 21.9 Å². The third kappa shape index (κ3) is 1.99. The van der Waals surface area contributed by atoms with Crippen molar-refractivity contribution in [3.63, 3.8) is 0 Å². The molecule has 0 N–H and O–H groups in total. The van der Waals surface area contributed by atoms with E-state index in [1.807, 2.05) is 24.4 Å². The molecule has 0 radical (unpaired) electrons. The summed E-state index contributed by atoms with van der Waals surface area (Å²) in [5, 5.41) is 2.31. The zero-order chi connectivity index (χ0) is 17.8. The Labute approximate surface area is 152 Å². The van der Waals surface area contributed by atoms with Crippen LogP contribution in [-0.4, -0.2) is 17.2 Å². The molecule has 5 rings (SSSR count). The highest BCUT2D eigenvalue weighted by Crippen LogP contribution is 2.46. The van der Waals surface area contributed by atoms with E-state index in [4.69, 9.17) is 4.42 Å². The lowest BCUT2D eigenvalue weighted by molar-refractivity contribution is 0.599. The Hall–Kier alpha value is -3.01. The minimum absolute atomic E-state index is 0.165. The molecule has 0 saturated heterocycles. The highest BCUT2D eigenvalue weighted by Gasteiger charge is 2.37. The summed E-state index contributed by atoms with van der Waals surface area (Å²) >= 11 is 0. The summed E-state index contributed by atoms with van der Waals surface area (Å²) in [6.45, 7) is 6.64. The maximum absolute atomic E-state index is 6.27. The van der Waals surface area contributed by atoms with E-state index >= 15 is 0 Å². The van der Waals surface area contributed by atoms with E-state index in [1.165, 1.54) is 0 Å². The zero-order valence-electron chi connectivity index (χ0n) is 15.2. The van der Waals surface area contributed by atoms with Crippen LogP contribution >= 0.6 is 0 Å². The van der Waals surface area contributed by atoms with E-state index in [9.17, 15) is 0 Å². The van der Waals surface area contributed by atoms with Crippen LogP contribution in [0.5, 0.6) is 0 Å². The van der Waals surface area contributed by atoms with Crippen LogP contribution in [0.2, 0.25) is 0 Å². The van der Waals surface area contributed by atoms with Crippen molar-refractivity contribution in [3.05, 3.63) is 60.8 Å². The Bertz CT molecular complexity index is 1110. The summed E-state index contributed by atoms with van der Waals surface area (Å²) < 4.78 is 6.27. The van der Waals surface area contributed by atoms with Crippen molar-refractivity contribution in [2.75, 3.05) is 9.80 Å². The van der Waals surface area contributed by atoms with E-state index in [2.05, 4.69) is 72.0 Å². The van der Waals surface area contributed by atoms with Crippen molar-refractivity contribution in [3.8, 4) is 0 Å². The van der Waals surface area contributed by atoms with Crippen molar-refractivity contribution in [1.82, 2.24) is 4.98 Å². The SMILES string of the molecule is CC(C)N1c2ncccc2N(c2cccc3c2oc2ccccc23)[C@@H]1C. The normalized spacial score (nSPS) is 16.8. The molecule has 2 aromatic heterocycles. The summed E-state index contributed by atoms with van der Waals surface area (Å²) in [4.78, 5) is 9.36. The van der Waals surface area contributed by atoms with Gasteiger partial charge in [0.05, 0.1) is 11.4 Å². The Kier molecular flexibility index (Phi) is 3.23. The predicted octanol–water partition coefficient (Wildman–Crippen LogP) is 5.69. The topological polar surface area (TPSA) is 32.5 Å². The highest BCUT2D eigenvalue weighted by atomic mass is 16.3. The summed E-state index contributed by atoms with van der Waals surface area (Å²) in [7, 11) is 0. The molecular formula is C22H21N3O.